The van der Waals surface area contributed by atoms with E-state index < -0.39 is 17.7 Å². The molecule has 2 aromatic heterocycles. The van der Waals surface area contributed by atoms with Crippen LogP contribution in [0.3, 0.4) is 0 Å². The summed E-state index contributed by atoms with van der Waals surface area (Å²) >= 11 is 0. The van der Waals surface area contributed by atoms with E-state index in [1.165, 1.54) is 0 Å². The van der Waals surface area contributed by atoms with Gasteiger partial charge in [-0.05, 0) is 52.1 Å². The van der Waals surface area contributed by atoms with Crippen molar-refractivity contribution in [1.29, 1.82) is 0 Å². The first-order chi connectivity index (χ1) is 15.2. The number of nitrogens with zero attached hydrogens (tertiary/aromatic N) is 4. The number of ketones is 1. The molecule has 0 saturated carbocycles. The van der Waals surface area contributed by atoms with E-state index in [-0.39, 0.29) is 11.3 Å². The van der Waals surface area contributed by atoms with Crippen molar-refractivity contribution in [3.05, 3.63) is 76.2 Å². The molecule has 4 rings (SSSR count). The SMILES string of the molecule is Cc1ccc([C@H]2/C(=C(\O)c3c(C)nc4c(C)cccn34)C(=O)C(=O)N2CCN(C)C)cc1. The van der Waals surface area contributed by atoms with Gasteiger partial charge >= 0.3 is 0 Å². The van der Waals surface area contributed by atoms with Crippen LogP contribution in [0.1, 0.15) is 34.1 Å². The van der Waals surface area contributed by atoms with Crippen molar-refractivity contribution in [3.63, 3.8) is 0 Å². The highest BCUT2D eigenvalue weighted by atomic mass is 16.3. The second kappa shape index (κ2) is 8.24. The van der Waals surface area contributed by atoms with Gasteiger partial charge in [0.15, 0.2) is 5.76 Å². The minimum Gasteiger partial charge on any atom is -0.505 e. The van der Waals surface area contributed by atoms with Gasteiger partial charge in [0.25, 0.3) is 11.7 Å². The highest BCUT2D eigenvalue weighted by molar-refractivity contribution is 6.46. The van der Waals surface area contributed by atoms with E-state index in [1.54, 1.807) is 22.4 Å². The van der Waals surface area contributed by atoms with Gasteiger partial charge in [-0.2, -0.15) is 0 Å². The molecule has 32 heavy (non-hydrogen) atoms. The van der Waals surface area contributed by atoms with Gasteiger partial charge in [0, 0.05) is 19.3 Å². The van der Waals surface area contributed by atoms with Gasteiger partial charge in [-0.3, -0.25) is 14.0 Å². The Balaban J connectivity index is 1.94. The molecule has 1 aliphatic heterocycles. The number of aliphatic hydroxyl groups excluding tert-OH is 1. The van der Waals surface area contributed by atoms with Gasteiger partial charge < -0.3 is 14.9 Å². The molecule has 1 atom stereocenters. The smallest absolute Gasteiger partial charge is 0.295 e. The zero-order valence-electron chi connectivity index (χ0n) is 19.1. The van der Waals surface area contributed by atoms with Gasteiger partial charge in [0.1, 0.15) is 11.3 Å². The summed E-state index contributed by atoms with van der Waals surface area (Å²) in [5.41, 5.74) is 4.66. The number of pyridine rings is 1. The van der Waals surface area contributed by atoms with E-state index in [0.29, 0.717) is 30.1 Å². The molecule has 7 heteroatoms. The predicted octanol–water partition coefficient (Wildman–Crippen LogP) is 3.24. The number of carbonyl (C=O) groups excluding carboxylic acids is 2. The first-order valence-corrected chi connectivity index (χ1v) is 10.6. The standard InChI is InChI=1S/C25H28N4O3/c1-15-8-10-18(11-9-15)21-19(23(31)25(32)29(21)14-13-27(4)5)22(30)20-17(3)26-24-16(2)7-6-12-28(20)24/h6-12,21,30H,13-14H2,1-5H3/b22-19+/t21-/m0/s1. The number of rotatable bonds is 5. The molecule has 3 heterocycles. The Labute approximate surface area is 187 Å². The minimum absolute atomic E-state index is 0.101. The van der Waals surface area contributed by atoms with Crippen LogP contribution in [0.25, 0.3) is 11.4 Å². The first-order valence-electron chi connectivity index (χ1n) is 10.6. The number of aryl methyl sites for hydroxylation is 3. The lowest BCUT2D eigenvalue weighted by Crippen LogP contribution is -2.35. The van der Waals surface area contributed by atoms with Crippen LogP contribution in [0, 0.1) is 20.8 Å². The third kappa shape index (κ3) is 3.58. The molecule has 1 N–H and O–H groups in total. The summed E-state index contributed by atoms with van der Waals surface area (Å²) in [5.74, 6) is -1.47. The number of fused-ring (bicyclic) bond motifs is 1. The average molecular weight is 433 g/mol. The number of benzene rings is 1. The molecule has 1 aromatic carbocycles. The van der Waals surface area contributed by atoms with Crippen LogP contribution >= 0.6 is 0 Å². The molecule has 166 valence electrons. The van der Waals surface area contributed by atoms with E-state index in [9.17, 15) is 14.7 Å². The maximum Gasteiger partial charge on any atom is 0.295 e. The molecule has 0 unspecified atom stereocenters. The van der Waals surface area contributed by atoms with Crippen molar-refractivity contribution < 1.29 is 14.7 Å². The summed E-state index contributed by atoms with van der Waals surface area (Å²) in [6.45, 7) is 6.70. The number of aliphatic hydroxyl groups is 1. The maximum absolute atomic E-state index is 13.2. The normalized spacial score (nSPS) is 18.3. The van der Waals surface area contributed by atoms with Crippen LogP contribution in [0.4, 0.5) is 0 Å². The Bertz CT molecular complexity index is 1240. The number of Topliss-reactive ketones (excluding diaryl/α,β-unsaturated/α-hetero) is 1. The molecule has 1 fully saturated rings. The molecule has 1 aliphatic rings. The van der Waals surface area contributed by atoms with Crippen molar-refractivity contribution in [2.45, 2.75) is 26.8 Å². The predicted molar refractivity (Wildman–Crippen MR) is 123 cm³/mol. The summed E-state index contributed by atoms with van der Waals surface area (Å²) in [7, 11) is 3.84. The monoisotopic (exact) mass is 432 g/mol. The highest BCUT2D eigenvalue weighted by Gasteiger charge is 2.46. The molecule has 0 aliphatic carbocycles. The van der Waals surface area contributed by atoms with E-state index in [0.717, 1.165) is 16.7 Å². The number of likely N-dealkylation sites (tertiary alicyclic amines) is 1. The molecule has 0 radical (unpaired) electrons. The summed E-state index contributed by atoms with van der Waals surface area (Å²) in [6.07, 6.45) is 1.81. The third-order valence-electron chi connectivity index (χ3n) is 5.96. The van der Waals surface area contributed by atoms with Crippen LogP contribution in [-0.4, -0.2) is 63.2 Å². The fourth-order valence-electron chi connectivity index (χ4n) is 4.24. The van der Waals surface area contributed by atoms with Crippen molar-refractivity contribution in [2.75, 3.05) is 27.2 Å². The molecule has 1 amide bonds. The number of hydrogen-bond acceptors (Lipinski definition) is 5. The van der Waals surface area contributed by atoms with Gasteiger partial charge in [0.05, 0.1) is 17.3 Å². The van der Waals surface area contributed by atoms with Gasteiger partial charge in [-0.1, -0.05) is 35.9 Å². The number of likely N-dealkylation sites (N-methyl/N-ethyl adjacent to an activating group) is 1. The Morgan fingerprint density at radius 3 is 2.44 bits per heavy atom. The Kier molecular flexibility index (Phi) is 5.60. The summed E-state index contributed by atoms with van der Waals surface area (Å²) in [4.78, 5) is 34.4. The number of imidazole rings is 1. The average Bonchev–Trinajstić information content (AvgIpc) is 3.21. The zero-order chi connectivity index (χ0) is 23.2. The van der Waals surface area contributed by atoms with Crippen LogP contribution in [0.2, 0.25) is 0 Å². The molecule has 1 saturated heterocycles. The van der Waals surface area contributed by atoms with Crippen LogP contribution < -0.4 is 0 Å². The number of carbonyl (C=O) groups is 2. The minimum atomic E-state index is -0.672. The molecular formula is C25H28N4O3. The highest BCUT2D eigenvalue weighted by Crippen LogP contribution is 2.40. The maximum atomic E-state index is 13.2. The topological polar surface area (TPSA) is 78.1 Å². The largest absolute Gasteiger partial charge is 0.505 e. The molecular weight excluding hydrogens is 404 g/mol. The zero-order valence-corrected chi connectivity index (χ0v) is 19.1. The lowest BCUT2D eigenvalue weighted by Gasteiger charge is -2.26. The van der Waals surface area contributed by atoms with Crippen molar-refractivity contribution in [1.82, 2.24) is 19.2 Å². The van der Waals surface area contributed by atoms with Crippen LogP contribution in [0.5, 0.6) is 0 Å². The van der Waals surface area contributed by atoms with Crippen LogP contribution in [0.15, 0.2) is 48.2 Å². The van der Waals surface area contributed by atoms with Gasteiger partial charge in [0.2, 0.25) is 0 Å². The molecule has 0 spiro atoms. The Morgan fingerprint density at radius 1 is 1.09 bits per heavy atom. The second-order valence-electron chi connectivity index (χ2n) is 8.64. The quantitative estimate of drug-likeness (QED) is 0.380. The van der Waals surface area contributed by atoms with E-state index >= 15 is 0 Å². The number of hydrogen-bond donors (Lipinski definition) is 1. The van der Waals surface area contributed by atoms with Crippen molar-refractivity contribution in [3.8, 4) is 0 Å². The summed E-state index contributed by atoms with van der Waals surface area (Å²) in [5, 5.41) is 11.5. The first kappa shape index (κ1) is 21.8. The van der Waals surface area contributed by atoms with Crippen molar-refractivity contribution >= 4 is 23.1 Å². The summed E-state index contributed by atoms with van der Waals surface area (Å²) < 4.78 is 1.78. The molecule has 3 aromatic rings. The van der Waals surface area contributed by atoms with Crippen molar-refractivity contribution in [2.24, 2.45) is 0 Å². The van der Waals surface area contributed by atoms with Crippen LogP contribution in [-0.2, 0) is 9.59 Å². The van der Waals surface area contributed by atoms with E-state index in [4.69, 9.17) is 0 Å². The van der Waals surface area contributed by atoms with E-state index in [2.05, 4.69) is 4.98 Å². The number of amides is 1. The summed E-state index contributed by atoms with van der Waals surface area (Å²) in [6, 6.07) is 10.9. The molecule has 7 nitrogen and oxygen atoms in total. The number of aromatic nitrogens is 2. The van der Waals surface area contributed by atoms with Gasteiger partial charge in [-0.15, -0.1) is 0 Å². The Hall–Kier alpha value is -3.45. The lowest BCUT2D eigenvalue weighted by molar-refractivity contribution is -0.140. The Morgan fingerprint density at radius 2 is 1.78 bits per heavy atom. The lowest BCUT2D eigenvalue weighted by atomic mass is 9.95. The van der Waals surface area contributed by atoms with E-state index in [1.807, 2.05) is 69.2 Å². The fourth-order valence-corrected chi connectivity index (χ4v) is 4.24. The third-order valence-corrected chi connectivity index (χ3v) is 5.96. The second-order valence-corrected chi connectivity index (χ2v) is 8.64. The van der Waals surface area contributed by atoms with Gasteiger partial charge in [-0.25, -0.2) is 4.98 Å². The fraction of sp³-hybridized carbons (Fsp3) is 0.320. The molecule has 0 bridgehead atoms.